The van der Waals surface area contributed by atoms with Gasteiger partial charge in [-0.1, -0.05) is 85.3 Å². The average molecular weight is 333 g/mol. The summed E-state index contributed by atoms with van der Waals surface area (Å²) >= 11 is 0. The summed E-state index contributed by atoms with van der Waals surface area (Å²) in [5.74, 6) is 1.72. The first-order chi connectivity index (χ1) is 11.4. The number of hydrogen-bond donors (Lipinski definition) is 1. The van der Waals surface area contributed by atoms with Gasteiger partial charge in [0.05, 0.1) is 0 Å². The standard InChI is InChI=1S/C23H40O/c1-6-7-8-9-10-11-12-13-20-16-21(14-18(2)3)23(24)22(17-20)15-19(4)5/h16-19,24H,6-15H2,1-5H3. The molecule has 0 spiro atoms. The van der Waals surface area contributed by atoms with Gasteiger partial charge in [0.1, 0.15) is 5.75 Å². The number of unbranched alkanes of at least 4 members (excludes halogenated alkanes) is 6. The SMILES string of the molecule is CCCCCCCCCc1cc(CC(C)C)c(O)c(CC(C)C)c1. The number of rotatable bonds is 12. The molecule has 1 N–H and O–H groups in total. The Labute approximate surface area is 150 Å². The fourth-order valence-electron chi connectivity index (χ4n) is 3.45. The first-order valence-electron chi connectivity index (χ1n) is 10.3. The van der Waals surface area contributed by atoms with Crippen molar-refractivity contribution in [3.05, 3.63) is 28.8 Å². The molecule has 1 rings (SSSR count). The van der Waals surface area contributed by atoms with Gasteiger partial charge < -0.3 is 5.11 Å². The monoisotopic (exact) mass is 332 g/mol. The van der Waals surface area contributed by atoms with Crippen molar-refractivity contribution in [3.63, 3.8) is 0 Å². The highest BCUT2D eigenvalue weighted by Gasteiger charge is 2.12. The van der Waals surface area contributed by atoms with E-state index in [4.69, 9.17) is 0 Å². The van der Waals surface area contributed by atoms with Crippen LogP contribution in [0.5, 0.6) is 5.75 Å². The predicted octanol–water partition coefficient (Wildman–Crippen LogP) is 7.08. The van der Waals surface area contributed by atoms with Crippen LogP contribution in [0.2, 0.25) is 0 Å². The van der Waals surface area contributed by atoms with Crippen molar-refractivity contribution in [2.45, 2.75) is 98.8 Å². The fraction of sp³-hybridized carbons (Fsp3) is 0.739. The maximum atomic E-state index is 10.6. The van der Waals surface area contributed by atoms with Gasteiger partial charge in [-0.3, -0.25) is 0 Å². The van der Waals surface area contributed by atoms with Gasteiger partial charge in [-0.15, -0.1) is 0 Å². The van der Waals surface area contributed by atoms with Gasteiger partial charge in [0.25, 0.3) is 0 Å². The van der Waals surface area contributed by atoms with Gasteiger partial charge in [-0.2, -0.15) is 0 Å². The molecule has 0 aliphatic rings. The zero-order valence-electron chi connectivity index (χ0n) is 16.8. The van der Waals surface area contributed by atoms with Crippen molar-refractivity contribution in [3.8, 4) is 5.75 Å². The molecule has 0 aromatic heterocycles. The summed E-state index contributed by atoms with van der Waals surface area (Å²) in [5.41, 5.74) is 3.73. The number of benzene rings is 1. The maximum absolute atomic E-state index is 10.6. The van der Waals surface area contributed by atoms with Crippen molar-refractivity contribution in [1.82, 2.24) is 0 Å². The van der Waals surface area contributed by atoms with Crippen molar-refractivity contribution in [2.24, 2.45) is 11.8 Å². The molecule has 1 aromatic rings. The van der Waals surface area contributed by atoms with Crippen LogP contribution < -0.4 is 0 Å². The molecule has 0 fully saturated rings. The lowest BCUT2D eigenvalue weighted by Crippen LogP contribution is -2.02. The van der Waals surface area contributed by atoms with Crippen LogP contribution in [0.15, 0.2) is 12.1 Å². The molecular formula is C23H40O. The van der Waals surface area contributed by atoms with Gasteiger partial charge in [0.2, 0.25) is 0 Å². The number of aromatic hydroxyl groups is 1. The largest absolute Gasteiger partial charge is 0.507 e. The van der Waals surface area contributed by atoms with Crippen LogP contribution in [0.25, 0.3) is 0 Å². The van der Waals surface area contributed by atoms with Gasteiger partial charge in [-0.25, -0.2) is 0 Å². The molecule has 1 nitrogen and oxygen atoms in total. The molecule has 1 aromatic carbocycles. The molecule has 0 atom stereocenters. The Hall–Kier alpha value is -0.980. The molecule has 138 valence electrons. The first kappa shape index (κ1) is 21.1. The van der Waals surface area contributed by atoms with Crippen molar-refractivity contribution in [1.29, 1.82) is 0 Å². The summed E-state index contributed by atoms with van der Waals surface area (Å²) in [5, 5.41) is 10.6. The Morgan fingerprint density at radius 2 is 1.21 bits per heavy atom. The second-order valence-corrected chi connectivity index (χ2v) is 8.33. The van der Waals surface area contributed by atoms with E-state index < -0.39 is 0 Å². The molecule has 0 radical (unpaired) electrons. The molecule has 0 bridgehead atoms. The Bertz CT molecular complexity index is 428. The van der Waals surface area contributed by atoms with E-state index >= 15 is 0 Å². The number of aryl methyl sites for hydroxylation is 1. The molecule has 0 unspecified atom stereocenters. The topological polar surface area (TPSA) is 20.2 Å². The van der Waals surface area contributed by atoms with E-state index in [1.807, 2.05) is 0 Å². The number of phenolic OH excluding ortho intramolecular Hbond substituents is 1. The summed E-state index contributed by atoms with van der Waals surface area (Å²) in [4.78, 5) is 0. The molecule has 0 amide bonds. The van der Waals surface area contributed by atoms with Crippen LogP contribution in [0.1, 0.15) is 96.3 Å². The highest BCUT2D eigenvalue weighted by atomic mass is 16.3. The zero-order valence-corrected chi connectivity index (χ0v) is 16.8. The van der Waals surface area contributed by atoms with Crippen LogP contribution in [-0.2, 0) is 19.3 Å². The zero-order chi connectivity index (χ0) is 17.9. The quantitative estimate of drug-likeness (QED) is 0.405. The summed E-state index contributed by atoms with van der Waals surface area (Å²) in [6.07, 6.45) is 12.6. The second kappa shape index (κ2) is 11.6. The van der Waals surface area contributed by atoms with Crippen LogP contribution >= 0.6 is 0 Å². The minimum absolute atomic E-state index is 0.556. The Kier molecular flexibility index (Phi) is 10.1. The van der Waals surface area contributed by atoms with E-state index in [0.29, 0.717) is 17.6 Å². The van der Waals surface area contributed by atoms with Gasteiger partial charge >= 0.3 is 0 Å². The molecule has 1 heteroatoms. The van der Waals surface area contributed by atoms with Gasteiger partial charge in [-0.05, 0) is 54.2 Å². The van der Waals surface area contributed by atoms with E-state index in [1.54, 1.807) is 0 Å². The Morgan fingerprint density at radius 3 is 1.67 bits per heavy atom. The summed E-state index contributed by atoms with van der Waals surface area (Å²) in [6.45, 7) is 11.2. The maximum Gasteiger partial charge on any atom is 0.121 e. The van der Waals surface area contributed by atoms with Crippen molar-refractivity contribution in [2.75, 3.05) is 0 Å². The van der Waals surface area contributed by atoms with E-state index in [9.17, 15) is 5.11 Å². The molecule has 0 aliphatic heterocycles. The molecule has 0 aliphatic carbocycles. The third-order valence-electron chi connectivity index (χ3n) is 4.65. The molecule has 0 saturated carbocycles. The van der Waals surface area contributed by atoms with Crippen LogP contribution in [0.3, 0.4) is 0 Å². The van der Waals surface area contributed by atoms with Crippen molar-refractivity contribution >= 4 is 0 Å². The fourth-order valence-corrected chi connectivity index (χ4v) is 3.45. The van der Waals surface area contributed by atoms with Crippen molar-refractivity contribution < 1.29 is 5.11 Å². The lowest BCUT2D eigenvalue weighted by atomic mass is 9.91. The third kappa shape index (κ3) is 8.22. The smallest absolute Gasteiger partial charge is 0.121 e. The minimum atomic E-state index is 0.556. The summed E-state index contributed by atoms with van der Waals surface area (Å²) in [6, 6.07) is 4.52. The minimum Gasteiger partial charge on any atom is -0.507 e. The summed E-state index contributed by atoms with van der Waals surface area (Å²) < 4.78 is 0. The number of hydrogen-bond acceptors (Lipinski definition) is 1. The van der Waals surface area contributed by atoms with Gasteiger partial charge in [0, 0.05) is 0 Å². The molecule has 0 saturated heterocycles. The third-order valence-corrected chi connectivity index (χ3v) is 4.65. The average Bonchev–Trinajstić information content (AvgIpc) is 2.49. The van der Waals surface area contributed by atoms with Crippen LogP contribution in [0.4, 0.5) is 0 Å². The Balaban J connectivity index is 2.64. The number of phenols is 1. The molecular weight excluding hydrogens is 292 g/mol. The summed E-state index contributed by atoms with van der Waals surface area (Å²) in [7, 11) is 0. The Morgan fingerprint density at radius 1 is 0.750 bits per heavy atom. The first-order valence-corrected chi connectivity index (χ1v) is 10.3. The molecule has 0 heterocycles. The predicted molar refractivity (Wildman–Crippen MR) is 107 cm³/mol. The highest BCUT2D eigenvalue weighted by molar-refractivity contribution is 5.44. The van der Waals surface area contributed by atoms with Crippen LogP contribution in [0, 0.1) is 11.8 Å². The van der Waals surface area contributed by atoms with E-state index in [-0.39, 0.29) is 0 Å². The lowest BCUT2D eigenvalue weighted by molar-refractivity contribution is 0.450. The van der Waals surface area contributed by atoms with E-state index in [0.717, 1.165) is 30.4 Å². The lowest BCUT2D eigenvalue weighted by Gasteiger charge is -2.16. The normalized spacial score (nSPS) is 11.6. The molecule has 24 heavy (non-hydrogen) atoms. The van der Waals surface area contributed by atoms with Gasteiger partial charge in [0.15, 0.2) is 0 Å². The van der Waals surface area contributed by atoms with Crippen LogP contribution in [-0.4, -0.2) is 5.11 Å². The second-order valence-electron chi connectivity index (χ2n) is 8.33. The van der Waals surface area contributed by atoms with E-state index in [1.165, 1.54) is 50.5 Å². The highest BCUT2D eigenvalue weighted by Crippen LogP contribution is 2.29. The van der Waals surface area contributed by atoms with E-state index in [2.05, 4.69) is 46.8 Å².